The Bertz CT molecular complexity index is 1340. The number of aryl methyl sites for hydroxylation is 3. The number of hydrogen-bond acceptors (Lipinski definition) is 5. The van der Waals surface area contributed by atoms with Crippen molar-refractivity contribution in [2.75, 3.05) is 19.8 Å². The molecule has 1 saturated heterocycles. The van der Waals surface area contributed by atoms with Gasteiger partial charge in [0.15, 0.2) is 15.6 Å². The van der Waals surface area contributed by atoms with Gasteiger partial charge in [-0.25, -0.2) is 8.42 Å². The van der Waals surface area contributed by atoms with E-state index in [0.717, 1.165) is 19.3 Å². The largest absolute Gasteiger partial charge is 0.494 e. The summed E-state index contributed by atoms with van der Waals surface area (Å²) in [4.78, 5) is 12.5. The lowest BCUT2D eigenvalue weighted by Gasteiger charge is -2.34. The number of sulfone groups is 1. The van der Waals surface area contributed by atoms with Crippen LogP contribution in [0.1, 0.15) is 71.1 Å². The molecule has 1 aliphatic heterocycles. The van der Waals surface area contributed by atoms with Crippen molar-refractivity contribution in [2.24, 2.45) is 0 Å². The maximum Gasteiger partial charge on any atom is 0.191 e. The molecule has 0 N–H and O–H groups in total. The van der Waals surface area contributed by atoms with E-state index in [1.54, 1.807) is 24.3 Å². The predicted molar refractivity (Wildman–Crippen MR) is 165 cm³/mol. The van der Waals surface area contributed by atoms with Crippen molar-refractivity contribution >= 4 is 15.6 Å². The van der Waals surface area contributed by atoms with E-state index in [1.165, 1.54) is 34.7 Å². The van der Waals surface area contributed by atoms with Crippen molar-refractivity contribution < 1.29 is 22.7 Å². The highest BCUT2D eigenvalue weighted by atomic mass is 32.2. The first-order valence-electron chi connectivity index (χ1n) is 14.0. The summed E-state index contributed by atoms with van der Waals surface area (Å²) in [6, 6.07) is 21.8. The van der Waals surface area contributed by atoms with Gasteiger partial charge in [-0.2, -0.15) is 0 Å². The Morgan fingerprint density at radius 2 is 1.57 bits per heavy atom. The van der Waals surface area contributed by atoms with E-state index in [9.17, 15) is 13.2 Å². The molecule has 0 aromatic heterocycles. The molecule has 3 aromatic carbocycles. The highest BCUT2D eigenvalue weighted by molar-refractivity contribution is 7.93. The topological polar surface area (TPSA) is 69.7 Å². The highest BCUT2D eigenvalue weighted by Crippen LogP contribution is 2.36. The SMILES string of the molecule is C.CC.CCc1cc(C)cc(-c2cccc(CCCOc3ccc(S(=O)(=O)C4(C(C)=O)CCOCC4)cc3)c2)c1. The van der Waals surface area contributed by atoms with Crippen LogP contribution in [0.15, 0.2) is 71.6 Å². The molecule has 0 spiro atoms. The number of carbonyl (C=O) groups is 1. The second kappa shape index (κ2) is 15.2. The molecular formula is C34H46O5S. The molecule has 3 aromatic rings. The third-order valence-electron chi connectivity index (χ3n) is 7.27. The number of ether oxygens (including phenoxy) is 2. The van der Waals surface area contributed by atoms with E-state index < -0.39 is 14.6 Å². The van der Waals surface area contributed by atoms with Crippen molar-refractivity contribution in [3.8, 4) is 16.9 Å². The quantitative estimate of drug-likeness (QED) is 0.234. The Morgan fingerprint density at radius 1 is 0.925 bits per heavy atom. The molecule has 218 valence electrons. The average Bonchev–Trinajstić information content (AvgIpc) is 2.96. The van der Waals surface area contributed by atoms with Crippen LogP contribution in [-0.4, -0.2) is 38.8 Å². The van der Waals surface area contributed by atoms with Gasteiger partial charge in [0.2, 0.25) is 0 Å². The lowest BCUT2D eigenvalue weighted by Crippen LogP contribution is -2.49. The molecule has 0 aliphatic carbocycles. The molecule has 0 unspecified atom stereocenters. The molecule has 1 heterocycles. The van der Waals surface area contributed by atoms with Crippen LogP contribution in [0.5, 0.6) is 5.75 Å². The second-order valence-corrected chi connectivity index (χ2v) is 12.1. The van der Waals surface area contributed by atoms with Crippen LogP contribution < -0.4 is 4.74 Å². The van der Waals surface area contributed by atoms with E-state index >= 15 is 0 Å². The van der Waals surface area contributed by atoms with Crippen LogP contribution in [0.2, 0.25) is 0 Å². The van der Waals surface area contributed by atoms with Crippen LogP contribution in [-0.2, 0) is 32.2 Å². The number of benzene rings is 3. The van der Waals surface area contributed by atoms with Crippen molar-refractivity contribution in [3.05, 3.63) is 83.4 Å². The molecule has 0 radical (unpaired) electrons. The van der Waals surface area contributed by atoms with E-state index in [-0.39, 0.29) is 44.2 Å². The normalized spacial score (nSPS) is 14.3. The fourth-order valence-electron chi connectivity index (χ4n) is 5.06. The monoisotopic (exact) mass is 566 g/mol. The molecule has 1 aliphatic rings. The average molecular weight is 567 g/mol. The van der Waals surface area contributed by atoms with Crippen LogP contribution in [0.25, 0.3) is 11.1 Å². The van der Waals surface area contributed by atoms with Crippen molar-refractivity contribution in [2.45, 2.75) is 83.8 Å². The number of carbonyl (C=O) groups excluding carboxylic acids is 1. The zero-order chi connectivity index (χ0) is 28.5. The molecular weight excluding hydrogens is 520 g/mol. The van der Waals surface area contributed by atoms with Gasteiger partial charge in [0.05, 0.1) is 11.5 Å². The standard InChI is InChI=1S/C31H36O5S.C2H6.CH4/c1-4-25-19-23(2)20-28(21-25)27-9-5-7-26(22-27)8-6-16-36-29-10-12-30(13-11-29)37(33,34)31(24(3)32)14-17-35-18-15-31;1-2;/h5,7,9-13,19-22H,4,6,8,14-18H2,1-3H3;1-2H3;1H4. The van der Waals surface area contributed by atoms with Crippen LogP contribution >= 0.6 is 0 Å². The summed E-state index contributed by atoms with van der Waals surface area (Å²) in [5.41, 5.74) is 6.35. The van der Waals surface area contributed by atoms with Crippen LogP contribution in [0.3, 0.4) is 0 Å². The summed E-state index contributed by atoms with van der Waals surface area (Å²) in [5, 5.41) is 0. The molecule has 5 nitrogen and oxygen atoms in total. The summed E-state index contributed by atoms with van der Waals surface area (Å²) in [7, 11) is -3.82. The number of Topliss-reactive ketones (excluding diaryl/α,β-unsaturated/α-hetero) is 1. The zero-order valence-electron chi connectivity index (χ0n) is 24.0. The Labute approximate surface area is 241 Å². The van der Waals surface area contributed by atoms with Crippen LogP contribution in [0.4, 0.5) is 0 Å². The van der Waals surface area contributed by atoms with Gasteiger partial charge in [-0.05, 0) is 92.5 Å². The first-order chi connectivity index (χ1) is 18.7. The van der Waals surface area contributed by atoms with E-state index in [2.05, 4.69) is 56.3 Å². The molecule has 0 saturated carbocycles. The maximum absolute atomic E-state index is 13.3. The Kier molecular flexibility index (Phi) is 12.6. The van der Waals surface area contributed by atoms with Gasteiger partial charge in [0.1, 0.15) is 10.5 Å². The number of rotatable bonds is 10. The zero-order valence-corrected chi connectivity index (χ0v) is 24.8. The molecule has 0 amide bonds. The molecule has 4 rings (SSSR count). The molecule has 0 atom stereocenters. The predicted octanol–water partition coefficient (Wildman–Crippen LogP) is 7.81. The number of ketones is 1. The van der Waals surface area contributed by atoms with E-state index in [0.29, 0.717) is 12.4 Å². The molecule has 6 heteroatoms. The number of hydrogen-bond donors (Lipinski definition) is 0. The van der Waals surface area contributed by atoms with Gasteiger partial charge in [-0.1, -0.05) is 76.2 Å². The molecule has 0 bridgehead atoms. The minimum Gasteiger partial charge on any atom is -0.494 e. The first-order valence-corrected chi connectivity index (χ1v) is 15.5. The van der Waals surface area contributed by atoms with Crippen molar-refractivity contribution in [1.29, 1.82) is 0 Å². The summed E-state index contributed by atoms with van der Waals surface area (Å²) >= 11 is 0. The lowest BCUT2D eigenvalue weighted by atomic mass is 9.95. The highest BCUT2D eigenvalue weighted by Gasteiger charge is 2.49. The van der Waals surface area contributed by atoms with Gasteiger partial charge >= 0.3 is 0 Å². The van der Waals surface area contributed by atoms with E-state index in [1.807, 2.05) is 13.8 Å². The lowest BCUT2D eigenvalue weighted by molar-refractivity contribution is -0.121. The Balaban J connectivity index is 0.00000183. The fourth-order valence-corrected chi connectivity index (χ4v) is 7.09. The summed E-state index contributed by atoms with van der Waals surface area (Å²) in [6.07, 6.45) is 3.12. The van der Waals surface area contributed by atoms with E-state index in [4.69, 9.17) is 9.47 Å². The summed E-state index contributed by atoms with van der Waals surface area (Å²) in [5.74, 6) is 0.289. The maximum atomic E-state index is 13.3. The minimum absolute atomic E-state index is 0. The molecule has 1 fully saturated rings. The second-order valence-electron chi connectivity index (χ2n) is 9.85. The third-order valence-corrected chi connectivity index (χ3v) is 9.89. The van der Waals surface area contributed by atoms with Crippen molar-refractivity contribution in [1.82, 2.24) is 0 Å². The van der Waals surface area contributed by atoms with Gasteiger partial charge < -0.3 is 9.47 Å². The summed E-state index contributed by atoms with van der Waals surface area (Å²) in [6.45, 7) is 10.7. The minimum atomic E-state index is -3.82. The van der Waals surface area contributed by atoms with Crippen molar-refractivity contribution in [3.63, 3.8) is 0 Å². The smallest absolute Gasteiger partial charge is 0.191 e. The van der Waals surface area contributed by atoms with Crippen LogP contribution in [0, 0.1) is 6.92 Å². The van der Waals surface area contributed by atoms with Gasteiger partial charge in [0.25, 0.3) is 0 Å². The first kappa shape index (κ1) is 33.2. The fraction of sp³-hybridized carbons (Fsp3) is 0.441. The Morgan fingerprint density at radius 3 is 2.20 bits per heavy atom. The van der Waals surface area contributed by atoms with Gasteiger partial charge in [0, 0.05) is 13.2 Å². The molecule has 40 heavy (non-hydrogen) atoms. The van der Waals surface area contributed by atoms with Gasteiger partial charge in [-0.15, -0.1) is 0 Å². The third kappa shape index (κ3) is 7.61. The Hall–Kier alpha value is -2.96. The summed E-state index contributed by atoms with van der Waals surface area (Å²) < 4.78 is 36.5. The van der Waals surface area contributed by atoms with Gasteiger partial charge in [-0.3, -0.25) is 4.79 Å².